The van der Waals surface area contributed by atoms with Crippen molar-refractivity contribution in [2.75, 3.05) is 0 Å². The van der Waals surface area contributed by atoms with Gasteiger partial charge in [-0.3, -0.25) is 4.98 Å². The molecule has 1 N–H and O–H groups in total. The quantitative estimate of drug-likeness (QED) is 0.550. The highest BCUT2D eigenvalue weighted by molar-refractivity contribution is 5.73. The summed E-state index contributed by atoms with van der Waals surface area (Å²) in [5, 5.41) is 10.3. The van der Waals surface area contributed by atoms with E-state index in [-0.39, 0.29) is 0 Å². The van der Waals surface area contributed by atoms with Crippen molar-refractivity contribution >= 4 is 11.0 Å². The van der Waals surface area contributed by atoms with E-state index in [0.717, 1.165) is 23.9 Å². The highest BCUT2D eigenvalue weighted by Crippen LogP contribution is 2.20. The van der Waals surface area contributed by atoms with Crippen LogP contribution in [-0.4, -0.2) is 15.1 Å². The summed E-state index contributed by atoms with van der Waals surface area (Å²) in [6.07, 6.45) is 13.7. The van der Waals surface area contributed by atoms with Crippen molar-refractivity contribution in [3.05, 3.63) is 36.2 Å². The second-order valence-electron chi connectivity index (χ2n) is 6.42. The molecule has 23 heavy (non-hydrogen) atoms. The predicted molar refractivity (Wildman–Crippen MR) is 96.3 cm³/mol. The molecule has 0 aliphatic rings. The Bertz CT molecular complexity index is 570. The van der Waals surface area contributed by atoms with Crippen molar-refractivity contribution in [1.29, 1.82) is 0 Å². The number of aliphatic hydroxyl groups excluding tert-OH is 1. The lowest BCUT2D eigenvalue weighted by Gasteiger charge is -2.10. The van der Waals surface area contributed by atoms with Gasteiger partial charge < -0.3 is 5.11 Å². The zero-order valence-electron chi connectivity index (χ0n) is 14.4. The molecule has 2 aromatic rings. The number of para-hydroxylation sites is 2. The van der Waals surface area contributed by atoms with Crippen LogP contribution in [0.15, 0.2) is 30.5 Å². The lowest BCUT2D eigenvalue weighted by atomic mass is 10.0. The summed E-state index contributed by atoms with van der Waals surface area (Å²) in [5.41, 5.74) is 2.44. The third-order valence-electron chi connectivity index (χ3n) is 4.39. The van der Waals surface area contributed by atoms with Gasteiger partial charge in [0, 0.05) is 0 Å². The monoisotopic (exact) mass is 314 g/mol. The van der Waals surface area contributed by atoms with E-state index in [2.05, 4.69) is 16.9 Å². The summed E-state index contributed by atoms with van der Waals surface area (Å²) in [4.78, 5) is 8.89. The van der Waals surface area contributed by atoms with E-state index in [1.165, 1.54) is 51.4 Å². The van der Waals surface area contributed by atoms with E-state index in [0.29, 0.717) is 5.69 Å². The number of hydrogen-bond acceptors (Lipinski definition) is 3. The van der Waals surface area contributed by atoms with E-state index < -0.39 is 6.10 Å². The number of benzene rings is 1. The molecule has 0 bridgehead atoms. The molecule has 2 rings (SSSR count). The first kappa shape index (κ1) is 17.9. The van der Waals surface area contributed by atoms with E-state index in [4.69, 9.17) is 0 Å². The number of rotatable bonds is 11. The smallest absolute Gasteiger partial charge is 0.0975 e. The highest BCUT2D eigenvalue weighted by atomic mass is 16.3. The van der Waals surface area contributed by atoms with E-state index >= 15 is 0 Å². The van der Waals surface area contributed by atoms with Crippen molar-refractivity contribution in [2.45, 2.75) is 77.2 Å². The molecule has 3 heteroatoms. The van der Waals surface area contributed by atoms with Gasteiger partial charge in [0.05, 0.1) is 29.0 Å². The second kappa shape index (κ2) is 10.3. The fourth-order valence-electron chi connectivity index (χ4n) is 2.93. The van der Waals surface area contributed by atoms with Gasteiger partial charge >= 0.3 is 0 Å². The molecular formula is C20H30N2O. The fourth-order valence-corrected chi connectivity index (χ4v) is 2.93. The van der Waals surface area contributed by atoms with Gasteiger partial charge in [0.1, 0.15) is 0 Å². The number of nitrogens with zero attached hydrogens (tertiary/aromatic N) is 2. The van der Waals surface area contributed by atoms with Crippen LogP contribution in [0, 0.1) is 0 Å². The van der Waals surface area contributed by atoms with Crippen LogP contribution in [0.3, 0.4) is 0 Å². The highest BCUT2D eigenvalue weighted by Gasteiger charge is 2.10. The minimum atomic E-state index is -0.489. The molecule has 1 heterocycles. The van der Waals surface area contributed by atoms with Gasteiger partial charge in [-0.15, -0.1) is 0 Å². The number of aliphatic hydroxyl groups is 1. The number of unbranched alkanes of at least 4 members (excludes halogenated alkanes) is 8. The maximum atomic E-state index is 10.3. The third-order valence-corrected chi connectivity index (χ3v) is 4.39. The first-order valence-electron chi connectivity index (χ1n) is 9.21. The zero-order chi connectivity index (χ0) is 16.3. The van der Waals surface area contributed by atoms with Gasteiger partial charge in [0.25, 0.3) is 0 Å². The minimum Gasteiger partial charge on any atom is -0.387 e. The topological polar surface area (TPSA) is 46.0 Å². The molecule has 1 atom stereocenters. The SMILES string of the molecule is CCCCCCCCCCCC(O)c1cnc2ccccc2n1. The van der Waals surface area contributed by atoms with E-state index in [1.54, 1.807) is 6.20 Å². The van der Waals surface area contributed by atoms with Gasteiger partial charge in [-0.25, -0.2) is 4.98 Å². The van der Waals surface area contributed by atoms with E-state index in [9.17, 15) is 5.11 Å². The van der Waals surface area contributed by atoms with Crippen molar-refractivity contribution in [2.24, 2.45) is 0 Å². The molecular weight excluding hydrogens is 284 g/mol. The van der Waals surface area contributed by atoms with E-state index in [1.807, 2.05) is 24.3 Å². The predicted octanol–water partition coefficient (Wildman–Crippen LogP) is 5.58. The standard InChI is InChI=1S/C20H30N2O/c1-2-3-4-5-6-7-8-9-10-15-20(23)19-16-21-17-13-11-12-14-18(17)22-19/h11-14,16,20,23H,2-10,15H2,1H3. The van der Waals surface area contributed by atoms with Crippen LogP contribution in [0.4, 0.5) is 0 Å². The van der Waals surface area contributed by atoms with Crippen LogP contribution in [0.1, 0.15) is 82.9 Å². The molecule has 3 nitrogen and oxygen atoms in total. The maximum absolute atomic E-state index is 10.3. The molecule has 0 aliphatic heterocycles. The fraction of sp³-hybridized carbons (Fsp3) is 0.600. The van der Waals surface area contributed by atoms with Crippen molar-refractivity contribution in [3.8, 4) is 0 Å². The average molecular weight is 314 g/mol. The Morgan fingerprint density at radius 3 is 2.17 bits per heavy atom. The Labute approximate surface area is 140 Å². The minimum absolute atomic E-state index is 0.489. The Morgan fingerprint density at radius 2 is 1.48 bits per heavy atom. The molecule has 0 radical (unpaired) electrons. The largest absolute Gasteiger partial charge is 0.387 e. The summed E-state index contributed by atoms with van der Waals surface area (Å²) in [6, 6.07) is 7.79. The molecule has 0 fully saturated rings. The van der Waals surface area contributed by atoms with Crippen molar-refractivity contribution < 1.29 is 5.11 Å². The molecule has 1 aromatic carbocycles. The van der Waals surface area contributed by atoms with Crippen LogP contribution in [0.5, 0.6) is 0 Å². The third kappa shape index (κ3) is 6.26. The average Bonchev–Trinajstić information content (AvgIpc) is 2.59. The number of fused-ring (bicyclic) bond motifs is 1. The Balaban J connectivity index is 1.63. The molecule has 0 amide bonds. The number of hydrogen-bond donors (Lipinski definition) is 1. The molecule has 0 aliphatic carbocycles. The zero-order valence-corrected chi connectivity index (χ0v) is 14.4. The summed E-state index contributed by atoms with van der Waals surface area (Å²) in [6.45, 7) is 2.26. The number of aromatic nitrogens is 2. The Kier molecular flexibility index (Phi) is 8.02. The molecule has 1 aromatic heterocycles. The van der Waals surface area contributed by atoms with Crippen LogP contribution >= 0.6 is 0 Å². The van der Waals surface area contributed by atoms with Gasteiger partial charge in [0.2, 0.25) is 0 Å². The van der Waals surface area contributed by atoms with Crippen LogP contribution < -0.4 is 0 Å². The summed E-state index contributed by atoms with van der Waals surface area (Å²) in [7, 11) is 0. The maximum Gasteiger partial charge on any atom is 0.0975 e. The van der Waals surface area contributed by atoms with Crippen molar-refractivity contribution in [1.82, 2.24) is 9.97 Å². The first-order valence-corrected chi connectivity index (χ1v) is 9.21. The second-order valence-corrected chi connectivity index (χ2v) is 6.42. The molecule has 126 valence electrons. The summed E-state index contributed by atoms with van der Waals surface area (Å²) in [5.74, 6) is 0. The van der Waals surface area contributed by atoms with Gasteiger partial charge in [-0.2, -0.15) is 0 Å². The lowest BCUT2D eigenvalue weighted by molar-refractivity contribution is 0.158. The van der Waals surface area contributed by atoms with Crippen LogP contribution in [0.2, 0.25) is 0 Å². The molecule has 0 saturated carbocycles. The molecule has 0 spiro atoms. The van der Waals surface area contributed by atoms with Gasteiger partial charge in [-0.1, -0.05) is 76.8 Å². The van der Waals surface area contributed by atoms with Crippen molar-refractivity contribution in [3.63, 3.8) is 0 Å². The van der Waals surface area contributed by atoms with Crippen LogP contribution in [-0.2, 0) is 0 Å². The van der Waals surface area contributed by atoms with Gasteiger partial charge in [-0.05, 0) is 18.6 Å². The Hall–Kier alpha value is -1.48. The van der Waals surface area contributed by atoms with Gasteiger partial charge in [0.15, 0.2) is 0 Å². The Morgan fingerprint density at radius 1 is 0.870 bits per heavy atom. The molecule has 1 unspecified atom stereocenters. The van der Waals surface area contributed by atoms with Crippen LogP contribution in [0.25, 0.3) is 11.0 Å². The summed E-state index contributed by atoms with van der Waals surface area (Å²) >= 11 is 0. The lowest BCUT2D eigenvalue weighted by Crippen LogP contribution is -2.02. The molecule has 0 saturated heterocycles. The summed E-state index contributed by atoms with van der Waals surface area (Å²) < 4.78 is 0. The normalized spacial score (nSPS) is 12.6. The first-order chi connectivity index (χ1) is 11.3.